The third-order valence-corrected chi connectivity index (χ3v) is 7.63. The molecular formula is C31H33F3N2O2. The van der Waals surface area contributed by atoms with E-state index in [2.05, 4.69) is 47.4 Å². The molecule has 0 aliphatic carbocycles. The molecule has 2 aliphatic heterocycles. The van der Waals surface area contributed by atoms with Crippen molar-refractivity contribution in [2.24, 2.45) is 0 Å². The Morgan fingerprint density at radius 1 is 0.921 bits per heavy atom. The van der Waals surface area contributed by atoms with Crippen LogP contribution >= 0.6 is 0 Å². The van der Waals surface area contributed by atoms with Gasteiger partial charge in [0.05, 0.1) is 18.2 Å². The number of piperidine rings is 1. The Bertz CT molecular complexity index is 1330. The molecule has 0 saturated carbocycles. The zero-order valence-corrected chi connectivity index (χ0v) is 22.0. The van der Waals surface area contributed by atoms with Crippen LogP contribution in [0.4, 0.5) is 23.7 Å². The Hall–Kier alpha value is -3.48. The summed E-state index contributed by atoms with van der Waals surface area (Å²) in [5.41, 5.74) is 5.46. The average Bonchev–Trinajstić information content (AvgIpc) is 3.17. The number of amides is 1. The van der Waals surface area contributed by atoms with Gasteiger partial charge in [0.1, 0.15) is 6.10 Å². The summed E-state index contributed by atoms with van der Waals surface area (Å²) in [6.45, 7) is 7.87. The number of anilines is 1. The summed E-state index contributed by atoms with van der Waals surface area (Å²) in [5, 5.41) is 0. The number of cyclic esters (lactones) is 1. The van der Waals surface area contributed by atoms with E-state index in [0.717, 1.165) is 47.5 Å². The van der Waals surface area contributed by atoms with Gasteiger partial charge in [0, 0.05) is 18.8 Å². The third-order valence-electron chi connectivity index (χ3n) is 7.63. The molecule has 4 nitrogen and oxygen atoms in total. The Labute approximate surface area is 222 Å². The molecule has 2 atom stereocenters. The van der Waals surface area contributed by atoms with Crippen molar-refractivity contribution < 1.29 is 22.7 Å². The number of aryl methyl sites for hydroxylation is 2. The first kappa shape index (κ1) is 26.1. The van der Waals surface area contributed by atoms with Gasteiger partial charge in [-0.3, -0.25) is 4.90 Å². The third kappa shape index (κ3) is 5.38. The van der Waals surface area contributed by atoms with E-state index in [1.165, 1.54) is 24.9 Å². The average molecular weight is 523 g/mol. The summed E-state index contributed by atoms with van der Waals surface area (Å²) in [7, 11) is 0. The van der Waals surface area contributed by atoms with Gasteiger partial charge in [-0.05, 0) is 86.6 Å². The number of nitrogens with zero attached hydrogens (tertiary/aromatic N) is 2. The van der Waals surface area contributed by atoms with Crippen LogP contribution in [0.15, 0.2) is 60.7 Å². The van der Waals surface area contributed by atoms with E-state index in [-0.39, 0.29) is 0 Å². The summed E-state index contributed by atoms with van der Waals surface area (Å²) in [6, 6.07) is 18.2. The maximum absolute atomic E-state index is 13.4. The van der Waals surface area contributed by atoms with Crippen molar-refractivity contribution in [3.63, 3.8) is 0 Å². The summed E-state index contributed by atoms with van der Waals surface area (Å²) in [6.07, 6.45) is -2.11. The van der Waals surface area contributed by atoms with Gasteiger partial charge in [-0.25, -0.2) is 4.79 Å². The lowest BCUT2D eigenvalue weighted by atomic mass is 9.95. The largest absolute Gasteiger partial charge is 0.439 e. The number of hydrogen-bond donors (Lipinski definition) is 0. The number of rotatable bonds is 5. The maximum Gasteiger partial charge on any atom is 0.416 e. The number of carbonyl (C=O) groups excluding carboxylic acids is 1. The number of carbonyl (C=O) groups is 1. The van der Waals surface area contributed by atoms with Crippen molar-refractivity contribution in [2.75, 3.05) is 18.0 Å². The van der Waals surface area contributed by atoms with Crippen LogP contribution in [0.5, 0.6) is 0 Å². The standard InChI is InChI=1S/C31H33F3N2O2/c1-20-10-11-28(23-8-7-9-27(18-23)35-12-5-4-6-13-35)25(14-20)19-36-22(3)29(38-30(36)37)24-15-21(2)16-26(17-24)31(32,33)34/h7-11,14-18,22,29H,4-6,12-13,19H2,1-3H3/t22-,29-/m0/s1. The van der Waals surface area contributed by atoms with Crippen LogP contribution in [0.1, 0.15) is 60.1 Å². The molecule has 5 rings (SSSR count). The van der Waals surface area contributed by atoms with Crippen molar-refractivity contribution in [1.29, 1.82) is 0 Å². The highest BCUT2D eigenvalue weighted by molar-refractivity contribution is 5.74. The molecule has 7 heteroatoms. The monoisotopic (exact) mass is 522 g/mol. The molecule has 0 radical (unpaired) electrons. The molecule has 2 aliphatic rings. The number of ether oxygens (including phenoxy) is 1. The van der Waals surface area contributed by atoms with Gasteiger partial charge in [-0.2, -0.15) is 13.2 Å². The quantitative estimate of drug-likeness (QED) is 0.340. The van der Waals surface area contributed by atoms with E-state index in [0.29, 0.717) is 17.7 Å². The van der Waals surface area contributed by atoms with Crippen LogP contribution in [0.25, 0.3) is 11.1 Å². The van der Waals surface area contributed by atoms with Crippen molar-refractivity contribution in [2.45, 2.75) is 64.9 Å². The van der Waals surface area contributed by atoms with E-state index >= 15 is 0 Å². The highest BCUT2D eigenvalue weighted by Crippen LogP contribution is 2.39. The summed E-state index contributed by atoms with van der Waals surface area (Å²) in [5.74, 6) is 0. The number of hydrogen-bond acceptors (Lipinski definition) is 3. The van der Waals surface area contributed by atoms with Crippen LogP contribution < -0.4 is 4.90 Å². The molecule has 0 unspecified atom stereocenters. The molecule has 0 N–H and O–H groups in total. The molecule has 1 amide bonds. The first-order valence-corrected chi connectivity index (χ1v) is 13.2. The van der Waals surface area contributed by atoms with Gasteiger partial charge < -0.3 is 9.64 Å². The Balaban J connectivity index is 1.43. The molecule has 3 aromatic rings. The van der Waals surface area contributed by atoms with Crippen LogP contribution in [0, 0.1) is 13.8 Å². The second kappa shape index (κ2) is 10.4. The predicted octanol–water partition coefficient (Wildman–Crippen LogP) is 8.06. The Morgan fingerprint density at radius 3 is 2.42 bits per heavy atom. The van der Waals surface area contributed by atoms with E-state index in [1.807, 2.05) is 13.8 Å². The molecule has 200 valence electrons. The van der Waals surface area contributed by atoms with Gasteiger partial charge in [0.2, 0.25) is 0 Å². The van der Waals surface area contributed by atoms with Crippen molar-refractivity contribution in [1.82, 2.24) is 4.90 Å². The van der Waals surface area contributed by atoms with Crippen LogP contribution in [-0.4, -0.2) is 30.1 Å². The zero-order valence-electron chi connectivity index (χ0n) is 22.0. The predicted molar refractivity (Wildman–Crippen MR) is 143 cm³/mol. The number of alkyl halides is 3. The Morgan fingerprint density at radius 2 is 1.68 bits per heavy atom. The smallest absolute Gasteiger partial charge is 0.416 e. The zero-order chi connectivity index (χ0) is 27.0. The SMILES string of the molecule is Cc1cc([C@H]2OC(=O)N(Cc3cc(C)ccc3-c3cccc(N4CCCCC4)c3)[C@H]2C)cc(C(F)(F)F)c1. The van der Waals surface area contributed by atoms with Gasteiger partial charge in [0.25, 0.3) is 0 Å². The second-order valence-corrected chi connectivity index (χ2v) is 10.6. The highest BCUT2D eigenvalue weighted by Gasteiger charge is 2.41. The molecule has 0 aromatic heterocycles. The normalized spacial score (nSPS) is 20.1. The minimum Gasteiger partial charge on any atom is -0.439 e. The molecule has 0 spiro atoms. The molecular weight excluding hydrogens is 489 g/mol. The van der Waals surface area contributed by atoms with Gasteiger partial charge in [-0.15, -0.1) is 0 Å². The summed E-state index contributed by atoms with van der Waals surface area (Å²) >= 11 is 0. The second-order valence-electron chi connectivity index (χ2n) is 10.6. The molecule has 3 aromatic carbocycles. The minimum atomic E-state index is -4.47. The summed E-state index contributed by atoms with van der Waals surface area (Å²) < 4.78 is 46.0. The van der Waals surface area contributed by atoms with Gasteiger partial charge >= 0.3 is 12.3 Å². The van der Waals surface area contributed by atoms with Crippen LogP contribution in [-0.2, 0) is 17.5 Å². The fourth-order valence-corrected chi connectivity index (χ4v) is 5.64. The fraction of sp³-hybridized carbons (Fsp3) is 0.387. The van der Waals surface area contributed by atoms with Gasteiger partial charge in [-0.1, -0.05) is 47.5 Å². The molecule has 2 heterocycles. The first-order chi connectivity index (χ1) is 18.1. The molecule has 2 saturated heterocycles. The van der Waals surface area contributed by atoms with Gasteiger partial charge in [0.15, 0.2) is 0 Å². The number of halogens is 3. The fourth-order valence-electron chi connectivity index (χ4n) is 5.64. The summed E-state index contributed by atoms with van der Waals surface area (Å²) in [4.78, 5) is 17.0. The lowest BCUT2D eigenvalue weighted by Crippen LogP contribution is -2.31. The van der Waals surface area contributed by atoms with Crippen LogP contribution in [0.3, 0.4) is 0 Å². The lowest BCUT2D eigenvalue weighted by molar-refractivity contribution is -0.137. The van der Waals surface area contributed by atoms with Crippen molar-refractivity contribution >= 4 is 11.8 Å². The number of benzene rings is 3. The van der Waals surface area contributed by atoms with E-state index < -0.39 is 30.0 Å². The van der Waals surface area contributed by atoms with E-state index in [1.54, 1.807) is 17.9 Å². The minimum absolute atomic E-state index is 0.305. The molecule has 0 bridgehead atoms. The maximum atomic E-state index is 13.4. The van der Waals surface area contributed by atoms with Crippen molar-refractivity contribution in [3.8, 4) is 11.1 Å². The van der Waals surface area contributed by atoms with E-state index in [9.17, 15) is 18.0 Å². The van der Waals surface area contributed by atoms with Crippen LogP contribution in [0.2, 0.25) is 0 Å². The van der Waals surface area contributed by atoms with Crippen molar-refractivity contribution in [3.05, 3.63) is 88.5 Å². The molecule has 38 heavy (non-hydrogen) atoms. The lowest BCUT2D eigenvalue weighted by Gasteiger charge is -2.29. The highest BCUT2D eigenvalue weighted by atomic mass is 19.4. The molecule has 2 fully saturated rings. The van der Waals surface area contributed by atoms with E-state index in [4.69, 9.17) is 4.74 Å². The Kier molecular flexibility index (Phi) is 7.12. The topological polar surface area (TPSA) is 32.8 Å². The first-order valence-electron chi connectivity index (χ1n) is 13.2.